The number of furan rings is 1. The van der Waals surface area contributed by atoms with Gasteiger partial charge in [-0.15, -0.1) is 0 Å². The van der Waals surface area contributed by atoms with E-state index in [1.54, 1.807) is 16.1 Å². The van der Waals surface area contributed by atoms with Crippen molar-refractivity contribution in [3.05, 3.63) is 89.9 Å². The van der Waals surface area contributed by atoms with E-state index in [9.17, 15) is 9.59 Å². The van der Waals surface area contributed by atoms with Crippen LogP contribution in [-0.2, 0) is 22.6 Å². The molecule has 0 saturated carbocycles. The normalized spacial score (nSPS) is 13.8. The number of amides is 3. The number of hydrogen-bond acceptors (Lipinski definition) is 5. The predicted molar refractivity (Wildman–Crippen MR) is 143 cm³/mol. The third-order valence-electron chi connectivity index (χ3n) is 6.42. The number of ether oxygens (including phenoxy) is 1. The van der Waals surface area contributed by atoms with Gasteiger partial charge < -0.3 is 24.3 Å². The number of carbonyl (C=O) groups is 2. The maximum absolute atomic E-state index is 13.6. The third-order valence-corrected chi connectivity index (χ3v) is 6.42. The molecule has 3 amide bonds. The molecule has 8 heteroatoms. The van der Waals surface area contributed by atoms with Gasteiger partial charge in [0.1, 0.15) is 12.3 Å². The van der Waals surface area contributed by atoms with Crippen LogP contribution in [0, 0.1) is 6.92 Å². The standard InChI is InChI=1S/C29H36N4O4/c1-24-10-12-26(13-11-24)30-29(35)32(15-6-14-31-16-19-36-20-17-31)23-28(34)33(22-27-9-5-18-37-27)21-25-7-3-2-4-8-25/h2-5,7-13,18H,6,14-17,19-23H2,1H3,(H,30,35). The monoisotopic (exact) mass is 504 g/mol. The summed E-state index contributed by atoms with van der Waals surface area (Å²) in [7, 11) is 0. The number of benzene rings is 2. The number of rotatable bonds is 11. The van der Waals surface area contributed by atoms with Gasteiger partial charge >= 0.3 is 6.03 Å². The Bertz CT molecular complexity index is 1100. The predicted octanol–water partition coefficient (Wildman–Crippen LogP) is 4.37. The van der Waals surface area contributed by atoms with Crippen LogP contribution < -0.4 is 5.32 Å². The lowest BCUT2D eigenvalue weighted by Crippen LogP contribution is -2.45. The average Bonchev–Trinajstić information content (AvgIpc) is 3.43. The molecule has 3 aromatic rings. The second kappa shape index (κ2) is 13.6. The molecule has 8 nitrogen and oxygen atoms in total. The Kier molecular flexibility index (Phi) is 9.74. The van der Waals surface area contributed by atoms with Crippen molar-refractivity contribution in [2.45, 2.75) is 26.4 Å². The fourth-order valence-electron chi connectivity index (χ4n) is 4.29. The van der Waals surface area contributed by atoms with Crippen molar-refractivity contribution in [3.63, 3.8) is 0 Å². The van der Waals surface area contributed by atoms with Crippen molar-refractivity contribution >= 4 is 17.6 Å². The maximum Gasteiger partial charge on any atom is 0.322 e. The summed E-state index contributed by atoms with van der Waals surface area (Å²) >= 11 is 0. The van der Waals surface area contributed by atoms with Crippen LogP contribution in [0.5, 0.6) is 0 Å². The summed E-state index contributed by atoms with van der Waals surface area (Å²) in [6.45, 7) is 7.33. The molecule has 4 rings (SSSR count). The lowest BCUT2D eigenvalue weighted by atomic mass is 10.2. The van der Waals surface area contributed by atoms with Crippen molar-refractivity contribution in [1.82, 2.24) is 14.7 Å². The van der Waals surface area contributed by atoms with E-state index in [-0.39, 0.29) is 18.5 Å². The lowest BCUT2D eigenvalue weighted by Gasteiger charge is -2.30. The average molecular weight is 505 g/mol. The summed E-state index contributed by atoms with van der Waals surface area (Å²) in [6.07, 6.45) is 2.37. The molecule has 0 spiro atoms. The number of nitrogens with one attached hydrogen (secondary N) is 1. The second-order valence-corrected chi connectivity index (χ2v) is 9.34. The van der Waals surface area contributed by atoms with Crippen LogP contribution in [-0.4, -0.2) is 72.6 Å². The van der Waals surface area contributed by atoms with Crippen LogP contribution >= 0.6 is 0 Å². The van der Waals surface area contributed by atoms with Crippen LogP contribution in [0.3, 0.4) is 0 Å². The molecule has 1 aromatic heterocycles. The van der Waals surface area contributed by atoms with E-state index >= 15 is 0 Å². The first kappa shape index (κ1) is 26.4. The maximum atomic E-state index is 13.6. The highest BCUT2D eigenvalue weighted by atomic mass is 16.5. The molecule has 0 bridgehead atoms. The summed E-state index contributed by atoms with van der Waals surface area (Å²) < 4.78 is 11.0. The van der Waals surface area contributed by atoms with Gasteiger partial charge in [0.2, 0.25) is 5.91 Å². The third kappa shape index (κ3) is 8.48. The summed E-state index contributed by atoms with van der Waals surface area (Å²) in [4.78, 5) is 32.6. The summed E-state index contributed by atoms with van der Waals surface area (Å²) in [6, 6.07) is 20.9. The van der Waals surface area contributed by atoms with E-state index in [1.165, 1.54) is 0 Å². The van der Waals surface area contributed by atoms with Gasteiger partial charge in [-0.3, -0.25) is 9.69 Å². The number of hydrogen-bond donors (Lipinski definition) is 1. The zero-order valence-electron chi connectivity index (χ0n) is 21.5. The Morgan fingerprint density at radius 3 is 2.38 bits per heavy atom. The van der Waals surface area contributed by atoms with Crippen molar-refractivity contribution in [1.29, 1.82) is 0 Å². The minimum Gasteiger partial charge on any atom is -0.467 e. The molecule has 0 aliphatic carbocycles. The van der Waals surface area contributed by atoms with Gasteiger partial charge in [0.25, 0.3) is 0 Å². The number of nitrogens with zero attached hydrogens (tertiary/aromatic N) is 3. The second-order valence-electron chi connectivity index (χ2n) is 9.34. The smallest absolute Gasteiger partial charge is 0.322 e. The van der Waals surface area contributed by atoms with E-state index in [1.807, 2.05) is 73.7 Å². The van der Waals surface area contributed by atoms with Crippen LogP contribution in [0.15, 0.2) is 77.4 Å². The minimum atomic E-state index is -0.281. The van der Waals surface area contributed by atoms with Gasteiger partial charge in [0.05, 0.1) is 26.0 Å². The van der Waals surface area contributed by atoms with Gasteiger partial charge in [0.15, 0.2) is 0 Å². The van der Waals surface area contributed by atoms with Crippen LogP contribution in [0.2, 0.25) is 0 Å². The van der Waals surface area contributed by atoms with E-state index in [0.29, 0.717) is 31.1 Å². The first-order valence-corrected chi connectivity index (χ1v) is 12.8. The molecule has 1 saturated heterocycles. The van der Waals surface area contributed by atoms with Crippen molar-refractivity contribution in [2.75, 3.05) is 51.3 Å². The Morgan fingerprint density at radius 2 is 1.68 bits per heavy atom. The SMILES string of the molecule is Cc1ccc(NC(=O)N(CCCN2CCOCC2)CC(=O)N(Cc2ccccc2)Cc2ccco2)cc1. The van der Waals surface area contributed by atoms with Gasteiger partial charge in [-0.2, -0.15) is 0 Å². The largest absolute Gasteiger partial charge is 0.467 e. The lowest BCUT2D eigenvalue weighted by molar-refractivity contribution is -0.133. The van der Waals surface area contributed by atoms with E-state index in [2.05, 4.69) is 10.2 Å². The van der Waals surface area contributed by atoms with Crippen molar-refractivity contribution in [2.24, 2.45) is 0 Å². The van der Waals surface area contributed by atoms with Crippen molar-refractivity contribution in [3.8, 4) is 0 Å². The van der Waals surface area contributed by atoms with Crippen LogP contribution in [0.1, 0.15) is 23.3 Å². The fourth-order valence-corrected chi connectivity index (χ4v) is 4.29. The summed E-state index contributed by atoms with van der Waals surface area (Å²) in [5.74, 6) is 0.568. The number of aryl methyl sites for hydroxylation is 1. The van der Waals surface area contributed by atoms with Gasteiger partial charge in [-0.05, 0) is 43.2 Å². The molecule has 0 atom stereocenters. The van der Waals surface area contributed by atoms with Crippen molar-refractivity contribution < 1.29 is 18.7 Å². The van der Waals surface area contributed by atoms with Crippen LogP contribution in [0.25, 0.3) is 0 Å². The molecule has 196 valence electrons. The first-order chi connectivity index (χ1) is 18.1. The Labute approximate surface area is 218 Å². The highest BCUT2D eigenvalue weighted by Crippen LogP contribution is 2.14. The molecular formula is C29H36N4O4. The number of anilines is 1. The molecule has 1 fully saturated rings. The first-order valence-electron chi connectivity index (χ1n) is 12.8. The zero-order valence-corrected chi connectivity index (χ0v) is 21.5. The molecule has 1 N–H and O–H groups in total. The van der Waals surface area contributed by atoms with E-state index < -0.39 is 0 Å². The fraction of sp³-hybridized carbons (Fsp3) is 0.379. The highest BCUT2D eigenvalue weighted by Gasteiger charge is 2.23. The zero-order chi connectivity index (χ0) is 25.9. The number of morpholine rings is 1. The quantitative estimate of drug-likeness (QED) is 0.420. The topological polar surface area (TPSA) is 78.3 Å². The summed E-state index contributed by atoms with van der Waals surface area (Å²) in [5, 5.41) is 2.96. The minimum absolute atomic E-state index is 0.0195. The molecule has 37 heavy (non-hydrogen) atoms. The Hall–Kier alpha value is -3.62. The van der Waals surface area contributed by atoms with Crippen LogP contribution in [0.4, 0.5) is 10.5 Å². The molecule has 1 aliphatic heterocycles. The van der Waals surface area contributed by atoms with Gasteiger partial charge in [-0.25, -0.2) is 4.79 Å². The molecule has 0 unspecified atom stereocenters. The van der Waals surface area contributed by atoms with E-state index in [4.69, 9.17) is 9.15 Å². The highest BCUT2D eigenvalue weighted by molar-refractivity contribution is 5.92. The summed E-state index contributed by atoms with van der Waals surface area (Å²) in [5.41, 5.74) is 2.84. The Morgan fingerprint density at radius 1 is 0.919 bits per heavy atom. The molecule has 1 aliphatic rings. The number of urea groups is 1. The number of carbonyl (C=O) groups excluding carboxylic acids is 2. The van der Waals surface area contributed by atoms with E-state index in [0.717, 1.165) is 50.4 Å². The Balaban J connectivity index is 1.45. The molecule has 2 aromatic carbocycles. The van der Waals surface area contributed by atoms with Gasteiger partial charge in [-0.1, -0.05) is 48.0 Å². The molecule has 2 heterocycles. The van der Waals surface area contributed by atoms with Gasteiger partial charge in [0, 0.05) is 38.4 Å². The molecular weight excluding hydrogens is 468 g/mol. The molecule has 0 radical (unpaired) electrons.